The van der Waals surface area contributed by atoms with E-state index in [9.17, 15) is 43.5 Å². The molecule has 0 bridgehead atoms. The highest BCUT2D eigenvalue weighted by Gasteiger charge is 2.29. The summed E-state index contributed by atoms with van der Waals surface area (Å²) in [7, 11) is -9.80. The molecule has 0 aliphatic rings. The lowest BCUT2D eigenvalue weighted by molar-refractivity contribution is -0.161. The molecule has 0 rings (SSSR count). The number of phosphoric acid groups is 2. The molecule has 103 heavy (non-hydrogen) atoms. The van der Waals surface area contributed by atoms with Crippen LogP contribution in [0.4, 0.5) is 0 Å². The van der Waals surface area contributed by atoms with E-state index in [2.05, 4.69) is 167 Å². The summed E-state index contributed by atoms with van der Waals surface area (Å²) >= 11 is 0. The Morgan fingerprint density at radius 3 is 0.816 bits per heavy atom. The Hall–Kier alpha value is -4.57. The molecule has 0 spiro atoms. The van der Waals surface area contributed by atoms with Gasteiger partial charge in [0.1, 0.15) is 25.4 Å². The van der Waals surface area contributed by atoms with E-state index >= 15 is 0 Å². The van der Waals surface area contributed by atoms with Crippen LogP contribution in [-0.4, -0.2) is 95.9 Å². The lowest BCUT2D eigenvalue weighted by Gasteiger charge is -2.21. The van der Waals surface area contributed by atoms with Crippen LogP contribution in [0, 0.1) is 0 Å². The van der Waals surface area contributed by atoms with Crippen LogP contribution >= 0.6 is 15.6 Å². The number of aliphatic hydroxyl groups excluding tert-OH is 2. The van der Waals surface area contributed by atoms with Gasteiger partial charge in [0, 0.05) is 19.3 Å². The van der Waals surface area contributed by atoms with Crippen molar-refractivity contribution >= 4 is 33.6 Å². The summed E-state index contributed by atoms with van der Waals surface area (Å²) in [6.45, 7) is 2.44. The van der Waals surface area contributed by atoms with Crippen LogP contribution < -0.4 is 0 Å². The summed E-state index contributed by atoms with van der Waals surface area (Å²) in [4.78, 5) is 58.7. The molecule has 5 atom stereocenters. The molecule has 0 radical (unpaired) electrons. The van der Waals surface area contributed by atoms with Crippen LogP contribution in [0.2, 0.25) is 0 Å². The van der Waals surface area contributed by atoms with E-state index in [1.54, 1.807) is 0 Å². The molecule has 16 nitrogen and oxygen atoms in total. The van der Waals surface area contributed by atoms with Gasteiger partial charge < -0.3 is 34.2 Å². The van der Waals surface area contributed by atoms with E-state index in [1.165, 1.54) is 96.3 Å². The summed E-state index contributed by atoms with van der Waals surface area (Å²) < 4.78 is 61.2. The zero-order valence-corrected chi connectivity index (χ0v) is 66.2. The summed E-state index contributed by atoms with van der Waals surface area (Å²) in [6, 6.07) is 0. The summed E-state index contributed by atoms with van der Waals surface area (Å²) in [6.07, 6.45) is 94.6. The Labute approximate surface area is 626 Å². The Morgan fingerprint density at radius 2 is 0.515 bits per heavy atom. The number of phosphoric ester groups is 2. The number of esters is 3. The molecule has 0 saturated heterocycles. The number of aliphatic hydroxyl groups is 2. The number of carbonyl (C=O) groups is 3. The minimum absolute atomic E-state index is 0.0986. The number of carbonyl (C=O) groups excluding carboxylic acids is 3. The molecule has 0 heterocycles. The van der Waals surface area contributed by atoms with E-state index in [-0.39, 0.29) is 19.3 Å². The summed E-state index contributed by atoms with van der Waals surface area (Å²) in [5.41, 5.74) is 0. The number of hydrogen-bond acceptors (Lipinski definition) is 14. The van der Waals surface area contributed by atoms with Gasteiger partial charge >= 0.3 is 33.6 Å². The molecule has 590 valence electrons. The molecule has 5 unspecified atom stereocenters. The minimum Gasteiger partial charge on any atom is -0.463 e. The van der Waals surface area contributed by atoms with Crippen LogP contribution in [-0.2, 0) is 55.8 Å². The SMILES string of the molecule is CC/C=C\C/C=C\C/C=C\C/C=C\C/C=C\C/C=C\CCCCCCCCCCCCC(=O)OCC(O)COP(=O)(O)OCC(O)COP(=O)(O)OCC(COC(=O)CCCCCC/C=C\C/C=C\C/C=C\C/C=C\C/C=C\C/C=C\CC)OC(=O)CCCCCCCCCCCCCCCCC. The van der Waals surface area contributed by atoms with Crippen molar-refractivity contribution in [3.05, 3.63) is 146 Å². The van der Waals surface area contributed by atoms with Gasteiger partial charge in [-0.05, 0) is 122 Å². The fourth-order valence-corrected chi connectivity index (χ4v) is 12.1. The van der Waals surface area contributed by atoms with Crippen molar-refractivity contribution in [1.82, 2.24) is 0 Å². The molecule has 0 aliphatic carbocycles. The Kier molecular flexibility index (Phi) is 73.6. The van der Waals surface area contributed by atoms with Crippen molar-refractivity contribution in [2.24, 2.45) is 0 Å². The molecule has 0 aromatic heterocycles. The van der Waals surface area contributed by atoms with Gasteiger partial charge in [-0.1, -0.05) is 321 Å². The lowest BCUT2D eigenvalue weighted by Crippen LogP contribution is -2.30. The number of allylic oxidation sites excluding steroid dienone is 24. The van der Waals surface area contributed by atoms with Gasteiger partial charge in [-0.25, -0.2) is 9.13 Å². The third-order valence-corrected chi connectivity index (χ3v) is 18.5. The highest BCUT2D eigenvalue weighted by Crippen LogP contribution is 2.45. The van der Waals surface area contributed by atoms with Crippen LogP contribution in [0.1, 0.15) is 316 Å². The third kappa shape index (κ3) is 78.3. The lowest BCUT2D eigenvalue weighted by atomic mass is 10.0. The Bertz CT molecular complexity index is 2450. The number of hydrogen-bond donors (Lipinski definition) is 4. The van der Waals surface area contributed by atoms with Gasteiger partial charge in [0.15, 0.2) is 6.10 Å². The van der Waals surface area contributed by atoms with Crippen LogP contribution in [0.25, 0.3) is 0 Å². The fourth-order valence-electron chi connectivity index (χ4n) is 10.5. The molecule has 0 saturated carbocycles. The molecule has 18 heteroatoms. The first-order valence-corrected chi connectivity index (χ1v) is 43.1. The predicted octanol–water partition coefficient (Wildman–Crippen LogP) is 23.7. The maximum Gasteiger partial charge on any atom is 0.472 e. The number of unbranched alkanes of at least 4 members (excludes halogenated alkanes) is 28. The van der Waals surface area contributed by atoms with Crippen molar-refractivity contribution in [1.29, 1.82) is 0 Å². The first kappa shape index (κ1) is 98.4. The molecule has 0 fully saturated rings. The van der Waals surface area contributed by atoms with Crippen LogP contribution in [0.5, 0.6) is 0 Å². The minimum atomic E-state index is -4.94. The Balaban J connectivity index is 4.58. The Morgan fingerprint density at radius 1 is 0.282 bits per heavy atom. The van der Waals surface area contributed by atoms with E-state index in [0.717, 1.165) is 161 Å². The highest BCUT2D eigenvalue weighted by molar-refractivity contribution is 7.47. The summed E-state index contributed by atoms with van der Waals surface area (Å²) in [5.74, 6) is -1.60. The maximum absolute atomic E-state index is 13.0. The van der Waals surface area contributed by atoms with Crippen molar-refractivity contribution in [2.45, 2.75) is 334 Å². The van der Waals surface area contributed by atoms with Crippen molar-refractivity contribution in [2.75, 3.05) is 39.6 Å². The second-order valence-corrected chi connectivity index (χ2v) is 29.4. The molecule has 0 amide bonds. The third-order valence-electron chi connectivity index (χ3n) is 16.6. The topological polar surface area (TPSA) is 231 Å². The van der Waals surface area contributed by atoms with Gasteiger partial charge in [0.2, 0.25) is 0 Å². The largest absolute Gasteiger partial charge is 0.472 e. The zero-order valence-electron chi connectivity index (χ0n) is 64.4. The number of rotatable bonds is 75. The molecule has 4 N–H and O–H groups in total. The fraction of sp³-hybridized carbons (Fsp3) is 0.682. The first-order chi connectivity index (χ1) is 50.2. The average molecular weight is 1480 g/mol. The van der Waals surface area contributed by atoms with Gasteiger partial charge in [-0.2, -0.15) is 0 Å². The second kappa shape index (κ2) is 77.1. The summed E-state index contributed by atoms with van der Waals surface area (Å²) in [5, 5.41) is 20.6. The predicted molar refractivity (Wildman–Crippen MR) is 426 cm³/mol. The van der Waals surface area contributed by atoms with Crippen molar-refractivity contribution < 1.29 is 75.8 Å². The van der Waals surface area contributed by atoms with Crippen molar-refractivity contribution in [3.8, 4) is 0 Å². The highest BCUT2D eigenvalue weighted by atomic mass is 31.2. The quantitative estimate of drug-likeness (QED) is 0.0146. The molecule has 0 aromatic carbocycles. The van der Waals surface area contributed by atoms with Crippen LogP contribution in [0.15, 0.2) is 146 Å². The standard InChI is InChI=1S/C85H144O16P2/c1-4-7-10-13-16-19-22-25-28-30-32-34-36-37-38-39-40-41-43-45-46-48-51-53-56-59-62-65-68-71-83(88)95-74-80(86)75-97-102(91,92)98-76-81(87)77-99-103(93,94)100-79-82(101-85(90)73-70-67-64-61-58-55-50-27-24-21-18-15-12-9-6-3)78-96-84(89)72-69-66-63-60-57-54-52-49-47-44-42-35-33-31-29-26-23-20-17-14-11-8-5-2/h7-8,10-11,16-17,19-20,25-26,28-29,32-35,37-38,40-41,44,47,52,54,80-82,86-87H,4-6,9,12-15,18,21-24,27,30-31,36,39,42-43,45-46,48-51,53,55-79H2,1-3H3,(H,91,92)(H,93,94)/b10-7-,11-8-,19-16-,20-17-,28-25-,29-26-,34-32-,35-33-,38-37-,41-40-,47-44-,54-52-. The average Bonchev–Trinajstić information content (AvgIpc) is 0.915. The van der Waals surface area contributed by atoms with E-state index < -0.39 is 91.5 Å². The van der Waals surface area contributed by atoms with Crippen molar-refractivity contribution in [3.63, 3.8) is 0 Å². The van der Waals surface area contributed by atoms with Gasteiger partial charge in [0.05, 0.1) is 26.4 Å². The first-order valence-electron chi connectivity index (χ1n) is 40.1. The molecule has 0 aliphatic heterocycles. The van der Waals surface area contributed by atoms with Crippen LogP contribution in [0.3, 0.4) is 0 Å². The smallest absolute Gasteiger partial charge is 0.463 e. The van der Waals surface area contributed by atoms with Gasteiger partial charge in [-0.3, -0.25) is 32.5 Å². The van der Waals surface area contributed by atoms with E-state index in [0.29, 0.717) is 19.3 Å². The van der Waals surface area contributed by atoms with Gasteiger partial charge in [-0.15, -0.1) is 0 Å². The number of ether oxygens (including phenoxy) is 3. The molecular formula is C85H144O16P2. The molecular weight excluding hydrogens is 1340 g/mol. The zero-order chi connectivity index (χ0) is 75.2. The monoisotopic (exact) mass is 1480 g/mol. The van der Waals surface area contributed by atoms with E-state index in [1.807, 2.05) is 0 Å². The van der Waals surface area contributed by atoms with Gasteiger partial charge in [0.25, 0.3) is 0 Å². The second-order valence-electron chi connectivity index (χ2n) is 26.5. The van der Waals surface area contributed by atoms with E-state index in [4.69, 9.17) is 32.3 Å². The molecule has 0 aromatic rings. The normalized spacial score (nSPS) is 14.7. The maximum atomic E-state index is 13.0.